The molecular weight excluding hydrogens is 584 g/mol. The van der Waals surface area contributed by atoms with Crippen LogP contribution < -0.4 is 0 Å². The van der Waals surface area contributed by atoms with Crippen LogP contribution in [0.25, 0.3) is 0 Å². The Morgan fingerprint density at radius 2 is 1.33 bits per heavy atom. The fraction of sp³-hybridized carbons (Fsp3) is 0.306. The third-order valence-electron chi connectivity index (χ3n) is 8.82. The van der Waals surface area contributed by atoms with E-state index >= 15 is 0 Å². The van der Waals surface area contributed by atoms with Crippen LogP contribution in [-0.4, -0.2) is 76.9 Å². The molecule has 2 aliphatic rings. The van der Waals surface area contributed by atoms with Crippen molar-refractivity contribution in [2.45, 2.75) is 29.2 Å². The number of hydrogen-bond acceptors (Lipinski definition) is 7. The van der Waals surface area contributed by atoms with E-state index in [0.29, 0.717) is 12.1 Å². The highest BCUT2D eigenvalue weighted by Gasteiger charge is 2.46. The van der Waals surface area contributed by atoms with E-state index in [-0.39, 0.29) is 29.8 Å². The number of carbonyl (C=O) groups excluding carboxylic acids is 1. The van der Waals surface area contributed by atoms with Gasteiger partial charge in [-0.25, -0.2) is 4.79 Å². The molecule has 2 aliphatic heterocycles. The lowest BCUT2D eigenvalue weighted by Gasteiger charge is -2.39. The first kappa shape index (κ1) is 30.8. The summed E-state index contributed by atoms with van der Waals surface area (Å²) in [5, 5.41) is 11.2. The second kappa shape index (κ2) is 13.9. The summed E-state index contributed by atoms with van der Waals surface area (Å²) in [7, 11) is 2.13. The standard InChI is InChI=1S/C36H38N4O4S/c1-37-21-23-38(24-22-37)34-25-33(26-39(34)35(41)44-27-28-17-19-32(20-18-28)40(42)43)45-36(29-11-5-2-6-12-29,30-13-7-3-8-14-30)31-15-9-4-10-16-31/h2-20,33-34H,21-27H2,1H3. The zero-order chi connectivity index (χ0) is 31.2. The first-order chi connectivity index (χ1) is 21.9. The fourth-order valence-electron chi connectivity index (χ4n) is 6.44. The Morgan fingerprint density at radius 1 is 0.822 bits per heavy atom. The van der Waals surface area contributed by atoms with Gasteiger partial charge in [-0.15, -0.1) is 11.8 Å². The van der Waals surface area contributed by atoms with E-state index in [1.54, 1.807) is 12.1 Å². The molecule has 4 aromatic rings. The molecule has 0 saturated carbocycles. The zero-order valence-corrected chi connectivity index (χ0v) is 26.2. The fourth-order valence-corrected chi connectivity index (χ4v) is 8.26. The maximum atomic E-state index is 13.8. The third-order valence-corrected chi connectivity index (χ3v) is 10.6. The number of nitro groups is 1. The molecule has 232 valence electrons. The van der Waals surface area contributed by atoms with Crippen molar-refractivity contribution in [3.63, 3.8) is 0 Å². The predicted octanol–water partition coefficient (Wildman–Crippen LogP) is 6.60. The molecule has 0 aromatic heterocycles. The van der Waals surface area contributed by atoms with E-state index in [4.69, 9.17) is 4.74 Å². The monoisotopic (exact) mass is 622 g/mol. The number of carbonyl (C=O) groups is 1. The van der Waals surface area contributed by atoms with Crippen LogP contribution in [0.4, 0.5) is 10.5 Å². The Labute approximate surface area is 268 Å². The van der Waals surface area contributed by atoms with Gasteiger partial charge in [-0.2, -0.15) is 0 Å². The molecule has 2 unspecified atom stereocenters. The summed E-state index contributed by atoms with van der Waals surface area (Å²) in [5.74, 6) is 0. The van der Waals surface area contributed by atoms with E-state index in [1.807, 2.05) is 16.7 Å². The topological polar surface area (TPSA) is 79.2 Å². The SMILES string of the molecule is CN1CCN(C2CC(SC(c3ccccc3)(c3ccccc3)c3ccccc3)CN2C(=O)OCc2ccc([N+](=O)[O-])cc2)CC1. The van der Waals surface area contributed by atoms with E-state index in [2.05, 4.69) is 108 Å². The number of nitro benzene ring substituents is 1. The molecule has 45 heavy (non-hydrogen) atoms. The van der Waals surface area contributed by atoms with Crippen molar-refractivity contribution in [2.75, 3.05) is 39.8 Å². The molecule has 0 aliphatic carbocycles. The van der Waals surface area contributed by atoms with Gasteiger partial charge in [0.2, 0.25) is 0 Å². The molecular formula is C36H38N4O4S. The Hall–Kier alpha value is -4.18. The number of likely N-dealkylation sites (N-methyl/N-ethyl adjacent to an activating group) is 1. The summed E-state index contributed by atoms with van der Waals surface area (Å²) in [5.41, 5.74) is 4.32. The van der Waals surface area contributed by atoms with Crippen molar-refractivity contribution in [2.24, 2.45) is 0 Å². The number of rotatable bonds is 9. The van der Waals surface area contributed by atoms with Gasteiger partial charge in [0.25, 0.3) is 5.69 Å². The summed E-state index contributed by atoms with van der Waals surface area (Å²) < 4.78 is 5.37. The molecule has 1 amide bonds. The Kier molecular flexibility index (Phi) is 9.49. The Morgan fingerprint density at radius 3 is 1.82 bits per heavy atom. The van der Waals surface area contributed by atoms with E-state index < -0.39 is 9.67 Å². The van der Waals surface area contributed by atoms with Gasteiger partial charge < -0.3 is 9.64 Å². The minimum Gasteiger partial charge on any atom is -0.445 e. The summed E-state index contributed by atoms with van der Waals surface area (Å²) in [4.78, 5) is 31.1. The third kappa shape index (κ3) is 6.76. The molecule has 9 heteroatoms. The average molecular weight is 623 g/mol. The van der Waals surface area contributed by atoms with E-state index in [0.717, 1.165) is 32.6 Å². The van der Waals surface area contributed by atoms with Crippen molar-refractivity contribution in [3.05, 3.63) is 148 Å². The van der Waals surface area contributed by atoms with Crippen molar-refractivity contribution in [1.29, 1.82) is 0 Å². The van der Waals surface area contributed by atoms with Gasteiger partial charge in [0.1, 0.15) is 6.61 Å². The number of amides is 1. The molecule has 0 bridgehead atoms. The first-order valence-corrected chi connectivity index (χ1v) is 16.3. The second-order valence-electron chi connectivity index (χ2n) is 11.7. The lowest BCUT2D eigenvalue weighted by atomic mass is 9.84. The molecule has 2 heterocycles. The number of likely N-dealkylation sites (tertiary alicyclic amines) is 1. The van der Waals surface area contributed by atoms with Crippen LogP contribution in [0.2, 0.25) is 0 Å². The van der Waals surface area contributed by atoms with E-state index in [1.165, 1.54) is 28.8 Å². The summed E-state index contributed by atoms with van der Waals surface area (Å²) in [6, 6.07) is 38.1. The van der Waals surface area contributed by atoms with Crippen LogP contribution in [0.5, 0.6) is 0 Å². The smallest absolute Gasteiger partial charge is 0.411 e. The number of non-ortho nitro benzene ring substituents is 1. The molecule has 0 N–H and O–H groups in total. The van der Waals surface area contributed by atoms with Crippen LogP contribution in [0, 0.1) is 10.1 Å². The number of benzene rings is 4. The number of ether oxygens (including phenoxy) is 1. The molecule has 4 aromatic carbocycles. The van der Waals surface area contributed by atoms with Gasteiger partial charge in [-0.1, -0.05) is 91.0 Å². The van der Waals surface area contributed by atoms with Crippen LogP contribution in [0.15, 0.2) is 115 Å². The number of nitrogens with zero attached hydrogens (tertiary/aromatic N) is 4. The first-order valence-electron chi connectivity index (χ1n) is 15.4. The van der Waals surface area contributed by atoms with Crippen LogP contribution in [-0.2, 0) is 16.1 Å². The van der Waals surface area contributed by atoms with Crippen molar-refractivity contribution in [3.8, 4) is 0 Å². The van der Waals surface area contributed by atoms with Crippen molar-refractivity contribution in [1.82, 2.24) is 14.7 Å². The second-order valence-corrected chi connectivity index (χ2v) is 13.2. The van der Waals surface area contributed by atoms with Gasteiger partial charge in [0.15, 0.2) is 0 Å². The van der Waals surface area contributed by atoms with Gasteiger partial charge in [0, 0.05) is 50.1 Å². The highest BCUT2D eigenvalue weighted by atomic mass is 32.2. The Balaban J connectivity index is 1.31. The maximum absolute atomic E-state index is 13.8. The highest BCUT2D eigenvalue weighted by Crippen LogP contribution is 2.52. The molecule has 2 atom stereocenters. The zero-order valence-electron chi connectivity index (χ0n) is 25.4. The predicted molar refractivity (Wildman–Crippen MR) is 178 cm³/mol. The van der Waals surface area contributed by atoms with Gasteiger partial charge >= 0.3 is 6.09 Å². The molecule has 0 radical (unpaired) electrons. The van der Waals surface area contributed by atoms with Crippen LogP contribution >= 0.6 is 11.8 Å². The quantitative estimate of drug-likeness (QED) is 0.118. The summed E-state index contributed by atoms with van der Waals surface area (Å²) in [6.45, 7) is 4.26. The minimum absolute atomic E-state index is 0.0124. The number of thioether (sulfide) groups is 1. The van der Waals surface area contributed by atoms with Crippen LogP contribution in [0.3, 0.4) is 0 Å². The van der Waals surface area contributed by atoms with E-state index in [9.17, 15) is 14.9 Å². The largest absolute Gasteiger partial charge is 0.445 e. The molecule has 6 rings (SSSR count). The van der Waals surface area contributed by atoms with Crippen LogP contribution in [0.1, 0.15) is 28.7 Å². The highest BCUT2D eigenvalue weighted by molar-refractivity contribution is 8.01. The Bertz CT molecular complexity index is 1470. The molecule has 8 nitrogen and oxygen atoms in total. The lowest BCUT2D eigenvalue weighted by Crippen LogP contribution is -2.54. The van der Waals surface area contributed by atoms with Gasteiger partial charge in [-0.3, -0.25) is 19.9 Å². The average Bonchev–Trinajstić information content (AvgIpc) is 3.51. The minimum atomic E-state index is -0.486. The maximum Gasteiger partial charge on any atom is 0.411 e. The number of piperazine rings is 1. The van der Waals surface area contributed by atoms with Gasteiger partial charge in [0.05, 0.1) is 15.8 Å². The molecule has 2 fully saturated rings. The van der Waals surface area contributed by atoms with Crippen molar-refractivity contribution < 1.29 is 14.5 Å². The van der Waals surface area contributed by atoms with Crippen molar-refractivity contribution >= 4 is 23.5 Å². The molecule has 2 saturated heterocycles. The summed E-state index contributed by atoms with van der Waals surface area (Å²) >= 11 is 1.92. The molecule has 0 spiro atoms. The normalized spacial score (nSPS) is 19.4. The number of hydrogen-bond donors (Lipinski definition) is 0. The van der Waals surface area contributed by atoms with Gasteiger partial charge in [-0.05, 0) is 47.9 Å². The lowest BCUT2D eigenvalue weighted by molar-refractivity contribution is -0.384. The summed E-state index contributed by atoms with van der Waals surface area (Å²) in [6.07, 6.45) is 0.376.